The molecule has 1 aliphatic heterocycles. The average molecular weight is 379 g/mol. The predicted molar refractivity (Wildman–Crippen MR) is 98.1 cm³/mol. The van der Waals surface area contributed by atoms with Crippen molar-refractivity contribution in [3.05, 3.63) is 52.8 Å². The molecule has 0 unspecified atom stereocenters. The van der Waals surface area contributed by atoms with Gasteiger partial charge in [0, 0.05) is 43.1 Å². The van der Waals surface area contributed by atoms with Gasteiger partial charge in [0.1, 0.15) is 0 Å². The van der Waals surface area contributed by atoms with Crippen LogP contribution in [0.1, 0.15) is 0 Å². The average Bonchev–Trinajstić information content (AvgIpc) is 2.63. The highest BCUT2D eigenvalue weighted by atomic mass is 35.5. The van der Waals surface area contributed by atoms with E-state index in [4.69, 9.17) is 23.2 Å². The number of anilines is 2. The van der Waals surface area contributed by atoms with E-state index in [9.17, 15) is 9.59 Å². The van der Waals surface area contributed by atoms with E-state index >= 15 is 0 Å². The zero-order valence-corrected chi connectivity index (χ0v) is 14.8. The summed E-state index contributed by atoms with van der Waals surface area (Å²) in [6.45, 7) is 2.18. The van der Waals surface area contributed by atoms with Gasteiger partial charge in [0.05, 0.1) is 5.69 Å². The molecule has 0 aliphatic carbocycles. The summed E-state index contributed by atoms with van der Waals surface area (Å²) in [5.41, 5.74) is 1.33. The van der Waals surface area contributed by atoms with Crippen LogP contribution in [0.5, 0.6) is 0 Å². The molecule has 6 nitrogen and oxygen atoms in total. The minimum atomic E-state index is -0.717. The molecule has 2 aromatic rings. The molecule has 1 saturated heterocycles. The Hall–Kier alpha value is -2.31. The number of halogens is 2. The first kappa shape index (κ1) is 17.5. The second-order valence-electron chi connectivity index (χ2n) is 5.56. The van der Waals surface area contributed by atoms with Gasteiger partial charge in [-0.3, -0.25) is 9.59 Å². The first-order valence-electron chi connectivity index (χ1n) is 7.76. The third-order valence-electron chi connectivity index (χ3n) is 3.94. The zero-order valence-electron chi connectivity index (χ0n) is 13.3. The molecular formula is C17H16Cl2N4O2. The summed E-state index contributed by atoms with van der Waals surface area (Å²) in [5.74, 6) is -1.29. The fourth-order valence-corrected chi connectivity index (χ4v) is 2.99. The number of hydrogen-bond acceptors (Lipinski definition) is 4. The fraction of sp³-hybridized carbons (Fsp3) is 0.235. The van der Waals surface area contributed by atoms with Gasteiger partial charge in [0.2, 0.25) is 0 Å². The number of pyridine rings is 1. The van der Waals surface area contributed by atoms with E-state index < -0.39 is 11.8 Å². The number of hydrogen-bond donors (Lipinski definition) is 1. The summed E-state index contributed by atoms with van der Waals surface area (Å²) in [6, 6.07) is 10.8. The Balaban J connectivity index is 1.58. The molecule has 0 saturated carbocycles. The molecular weight excluding hydrogens is 363 g/mol. The standard InChI is InChI=1S/C17H16Cl2N4O2/c18-12-3-1-4-13(11-12)22-7-9-23(10-8-22)17(25)16(24)21-14-5-2-6-20-15(14)19/h1-6,11H,7-10H2,(H,21,24). The van der Waals surface area contributed by atoms with Crippen LogP contribution in [0.3, 0.4) is 0 Å². The molecule has 3 rings (SSSR count). The van der Waals surface area contributed by atoms with E-state index in [1.807, 2.05) is 24.3 Å². The molecule has 2 amide bonds. The van der Waals surface area contributed by atoms with Crippen LogP contribution in [0.4, 0.5) is 11.4 Å². The number of carbonyl (C=O) groups excluding carboxylic acids is 2. The Morgan fingerprint density at radius 3 is 2.48 bits per heavy atom. The third-order valence-corrected chi connectivity index (χ3v) is 4.48. The molecule has 0 radical (unpaired) electrons. The molecule has 8 heteroatoms. The van der Waals surface area contributed by atoms with Gasteiger partial charge in [-0.05, 0) is 30.3 Å². The van der Waals surface area contributed by atoms with Crippen molar-refractivity contribution in [2.75, 3.05) is 36.4 Å². The van der Waals surface area contributed by atoms with Crippen LogP contribution in [0.2, 0.25) is 10.2 Å². The van der Waals surface area contributed by atoms with E-state index in [-0.39, 0.29) is 5.15 Å². The van der Waals surface area contributed by atoms with Crippen LogP contribution in [0, 0.1) is 0 Å². The van der Waals surface area contributed by atoms with Crippen molar-refractivity contribution in [3.8, 4) is 0 Å². The van der Waals surface area contributed by atoms with Crippen molar-refractivity contribution in [2.24, 2.45) is 0 Å². The van der Waals surface area contributed by atoms with Crippen molar-refractivity contribution in [1.82, 2.24) is 9.88 Å². The van der Waals surface area contributed by atoms with Crippen LogP contribution >= 0.6 is 23.2 Å². The van der Waals surface area contributed by atoms with Gasteiger partial charge in [-0.2, -0.15) is 0 Å². The zero-order chi connectivity index (χ0) is 17.8. The molecule has 0 atom stereocenters. The van der Waals surface area contributed by atoms with E-state index in [2.05, 4.69) is 15.2 Å². The monoisotopic (exact) mass is 378 g/mol. The molecule has 130 valence electrons. The van der Waals surface area contributed by atoms with Crippen molar-refractivity contribution in [2.45, 2.75) is 0 Å². The Morgan fingerprint density at radius 2 is 1.80 bits per heavy atom. The molecule has 1 N–H and O–H groups in total. The topological polar surface area (TPSA) is 65.5 Å². The molecule has 1 aromatic heterocycles. The summed E-state index contributed by atoms with van der Waals surface area (Å²) in [4.78, 5) is 32.0. The molecule has 2 heterocycles. The number of benzene rings is 1. The highest BCUT2D eigenvalue weighted by Crippen LogP contribution is 2.21. The van der Waals surface area contributed by atoms with Crippen molar-refractivity contribution >= 4 is 46.4 Å². The van der Waals surface area contributed by atoms with Crippen LogP contribution < -0.4 is 10.2 Å². The number of carbonyl (C=O) groups is 2. The van der Waals surface area contributed by atoms with Gasteiger partial charge in [0.25, 0.3) is 0 Å². The molecule has 0 bridgehead atoms. The fourth-order valence-electron chi connectivity index (χ4n) is 2.64. The lowest BCUT2D eigenvalue weighted by Gasteiger charge is -2.35. The minimum Gasteiger partial charge on any atom is -0.368 e. The van der Waals surface area contributed by atoms with Crippen LogP contribution in [-0.4, -0.2) is 47.9 Å². The third kappa shape index (κ3) is 4.21. The lowest BCUT2D eigenvalue weighted by atomic mass is 10.2. The Labute approximate surface area is 155 Å². The van der Waals surface area contributed by atoms with Crippen LogP contribution in [-0.2, 0) is 9.59 Å². The number of piperazine rings is 1. The van der Waals surface area contributed by atoms with Gasteiger partial charge in [0.15, 0.2) is 5.15 Å². The summed E-state index contributed by atoms with van der Waals surface area (Å²) >= 11 is 11.9. The largest absolute Gasteiger partial charge is 0.368 e. The van der Waals surface area contributed by atoms with E-state index in [1.165, 1.54) is 11.1 Å². The Morgan fingerprint density at radius 1 is 1.04 bits per heavy atom. The van der Waals surface area contributed by atoms with E-state index in [0.29, 0.717) is 36.9 Å². The van der Waals surface area contributed by atoms with Gasteiger partial charge in [-0.25, -0.2) is 4.98 Å². The maximum atomic E-state index is 12.3. The molecule has 25 heavy (non-hydrogen) atoms. The lowest BCUT2D eigenvalue weighted by molar-refractivity contribution is -0.143. The lowest BCUT2D eigenvalue weighted by Crippen LogP contribution is -2.51. The Bertz CT molecular complexity index is 792. The van der Waals surface area contributed by atoms with Crippen molar-refractivity contribution < 1.29 is 9.59 Å². The van der Waals surface area contributed by atoms with Crippen LogP contribution in [0.15, 0.2) is 42.6 Å². The second-order valence-corrected chi connectivity index (χ2v) is 6.35. The first-order valence-corrected chi connectivity index (χ1v) is 8.51. The van der Waals surface area contributed by atoms with Crippen LogP contribution in [0.25, 0.3) is 0 Å². The number of amides is 2. The van der Waals surface area contributed by atoms with Crippen molar-refractivity contribution in [1.29, 1.82) is 0 Å². The molecule has 1 fully saturated rings. The van der Waals surface area contributed by atoms with E-state index in [1.54, 1.807) is 12.1 Å². The minimum absolute atomic E-state index is 0.148. The number of nitrogens with zero attached hydrogens (tertiary/aromatic N) is 3. The van der Waals surface area contributed by atoms with Gasteiger partial charge >= 0.3 is 11.8 Å². The summed E-state index contributed by atoms with van der Waals surface area (Å²) in [5, 5.41) is 3.32. The number of nitrogens with one attached hydrogen (secondary N) is 1. The predicted octanol–water partition coefficient (Wildman–Crippen LogP) is 2.68. The van der Waals surface area contributed by atoms with E-state index in [0.717, 1.165) is 5.69 Å². The smallest absolute Gasteiger partial charge is 0.313 e. The number of aromatic nitrogens is 1. The SMILES string of the molecule is O=C(Nc1cccnc1Cl)C(=O)N1CCN(c2cccc(Cl)c2)CC1. The van der Waals surface area contributed by atoms with Gasteiger partial charge in [-0.1, -0.05) is 29.3 Å². The summed E-state index contributed by atoms with van der Waals surface area (Å²) in [6.07, 6.45) is 1.51. The quantitative estimate of drug-likeness (QED) is 0.644. The molecule has 1 aromatic carbocycles. The highest BCUT2D eigenvalue weighted by Gasteiger charge is 2.26. The summed E-state index contributed by atoms with van der Waals surface area (Å²) < 4.78 is 0. The molecule has 1 aliphatic rings. The summed E-state index contributed by atoms with van der Waals surface area (Å²) in [7, 11) is 0. The number of rotatable bonds is 2. The maximum Gasteiger partial charge on any atom is 0.313 e. The molecule has 0 spiro atoms. The van der Waals surface area contributed by atoms with Crippen molar-refractivity contribution in [3.63, 3.8) is 0 Å². The van der Waals surface area contributed by atoms with Gasteiger partial charge in [-0.15, -0.1) is 0 Å². The normalized spacial score (nSPS) is 14.3. The first-order chi connectivity index (χ1) is 12.0. The maximum absolute atomic E-state index is 12.3. The Kier molecular flexibility index (Phi) is 5.40. The second kappa shape index (κ2) is 7.72. The van der Waals surface area contributed by atoms with Gasteiger partial charge < -0.3 is 15.1 Å². The highest BCUT2D eigenvalue weighted by molar-refractivity contribution is 6.41.